The van der Waals surface area contributed by atoms with Crippen LogP contribution in [0.25, 0.3) is 65.5 Å². The number of para-hydroxylation sites is 1. The van der Waals surface area contributed by atoms with E-state index in [1.165, 1.54) is 38.6 Å². The van der Waals surface area contributed by atoms with Gasteiger partial charge in [0.25, 0.3) is 11.8 Å². The number of nitrogens with one attached hydrogen (secondary N) is 5. The van der Waals surface area contributed by atoms with Gasteiger partial charge in [-0.1, -0.05) is 108 Å². The summed E-state index contributed by atoms with van der Waals surface area (Å²) in [5.74, 6) is -2.49. The van der Waals surface area contributed by atoms with Gasteiger partial charge in [-0.2, -0.15) is 4.37 Å². The number of aliphatic imine (C=N–C) groups is 2. The average Bonchev–Trinajstić information content (AvgIpc) is 0.938. The van der Waals surface area contributed by atoms with Crippen LogP contribution in [-0.2, 0) is 20.7 Å². The van der Waals surface area contributed by atoms with Crippen LogP contribution in [0.3, 0.4) is 0 Å². The summed E-state index contributed by atoms with van der Waals surface area (Å²) in [6, 6.07) is 38.5. The average molecular weight is 1730 g/mol. The van der Waals surface area contributed by atoms with Crippen molar-refractivity contribution in [2.24, 2.45) is 15.7 Å². The van der Waals surface area contributed by atoms with Crippen LogP contribution >= 0.6 is 11.5 Å². The van der Waals surface area contributed by atoms with Crippen LogP contribution in [0, 0.1) is 27.7 Å². The predicted octanol–water partition coefficient (Wildman–Crippen LogP) is 17.6. The van der Waals surface area contributed by atoms with E-state index >= 15 is 0 Å². The zero-order valence-corrected chi connectivity index (χ0v) is 74.2. The molecule has 9 aromatic carbocycles. The van der Waals surface area contributed by atoms with E-state index in [1.807, 2.05) is 148 Å². The molecule has 0 saturated carbocycles. The summed E-state index contributed by atoms with van der Waals surface area (Å²) < 4.78 is 14.8. The molecule has 0 atom stereocenters. The molecule has 0 spiro atoms. The number of anilines is 5. The summed E-state index contributed by atoms with van der Waals surface area (Å²) in [7, 11) is 0. The van der Waals surface area contributed by atoms with Gasteiger partial charge in [0.2, 0.25) is 11.8 Å². The number of pyridine rings is 1. The van der Waals surface area contributed by atoms with Crippen LogP contribution < -0.4 is 42.9 Å². The molecule has 2 fully saturated rings. The van der Waals surface area contributed by atoms with Gasteiger partial charge in [-0.3, -0.25) is 43.8 Å². The van der Waals surface area contributed by atoms with Crippen molar-refractivity contribution in [3.63, 3.8) is 0 Å². The standard InChI is InChI=1S/C45H60N4O7.C23H19N3O2.C17H21N5O3S.C13H15NO2/c1-26(2)34-30-22-28(5)36(42(52)38(30)32(40(50)44(34)54)24-46-12-10-16-48-14-8-7-9-15-48)37-29(6)23-31-35(27(3)4)45(55)41(51)33(39(31)43(37)53)25-47-13-11-17-49-18-20-56-21-19-49;1-15(27)25-17-8-10-18(11-9-17)26-22-14-24-23(16-6-12-19(28)13-7-16)21-5-3-2-4-20(21)22;1-2-3-8-20-12(23)9-10-6-4-5-7-11(10)21-17(25)15-13(18)14(16(19)24)22-26-15;1-4-16-11-7-5-6-10(15)12-8(2)14-9(3)13(11)12/h22-27,50-55H,7-21H2,1-6H3;2-14,26,28H,1H3,(H,25,27);4-7H,2-3,8-9,18H2,1H3,(H2,19,24)(H,20,23)(H,21,25);5-7,14H,4H2,1-3H3. The highest BCUT2D eigenvalue weighted by Crippen LogP contribution is 2.55. The van der Waals surface area contributed by atoms with E-state index in [-0.39, 0.29) is 103 Å². The Morgan fingerprint density at radius 2 is 1.17 bits per heavy atom. The van der Waals surface area contributed by atoms with Gasteiger partial charge in [-0.15, -0.1) is 0 Å². The molecule has 2 saturated heterocycles. The Bertz CT molecular complexity index is 5900. The molecule has 4 amide bonds. The predicted molar refractivity (Wildman–Crippen MR) is 505 cm³/mol. The van der Waals surface area contributed by atoms with Crippen molar-refractivity contribution in [3.05, 3.63) is 205 Å². The number of hydrogen-bond donors (Lipinski definition) is 14. The fourth-order valence-electron chi connectivity index (χ4n) is 16.2. The van der Waals surface area contributed by atoms with E-state index in [0.29, 0.717) is 106 Å². The molecule has 662 valence electrons. The van der Waals surface area contributed by atoms with E-state index < -0.39 is 11.8 Å². The van der Waals surface area contributed by atoms with Crippen molar-refractivity contribution >= 4 is 119 Å². The number of rotatable bonds is 27. The number of unbranched alkanes of at least 4 members (excludes halogenated alkanes) is 1. The van der Waals surface area contributed by atoms with Crippen molar-refractivity contribution in [2.75, 3.05) is 100 Å². The van der Waals surface area contributed by atoms with Crippen LogP contribution in [0.5, 0.6) is 46.0 Å². The number of likely N-dealkylation sites (tertiary alicyclic amines) is 1. The number of benzene rings is 8. The van der Waals surface area contributed by atoms with Gasteiger partial charge in [0.15, 0.2) is 34.1 Å². The smallest absolute Gasteiger partial charge is 0.270 e. The molecule has 2 aliphatic rings. The number of ether oxygens (including phenoxy) is 2. The Balaban J connectivity index is 0.000000183. The largest absolute Gasteiger partial charge is 0.508 e. The third-order valence-electron chi connectivity index (χ3n) is 22.2. The fourth-order valence-corrected chi connectivity index (χ4v) is 16.9. The highest BCUT2D eigenvalue weighted by molar-refractivity contribution is 7.09. The van der Waals surface area contributed by atoms with Crippen LogP contribution in [0.2, 0.25) is 0 Å². The number of phenols is 7. The maximum atomic E-state index is 12.4. The van der Waals surface area contributed by atoms with Crippen molar-refractivity contribution < 1.29 is 64.4 Å². The van der Waals surface area contributed by atoms with Gasteiger partial charge >= 0.3 is 0 Å². The zero-order valence-electron chi connectivity index (χ0n) is 73.4. The molecular weight excluding hydrogens is 1620 g/mol. The maximum absolute atomic E-state index is 12.4. The molecule has 2 aliphatic heterocycles. The summed E-state index contributed by atoms with van der Waals surface area (Å²) >= 11 is 0.798. The van der Waals surface area contributed by atoms with Crippen LogP contribution in [-0.4, -0.2) is 175 Å². The zero-order chi connectivity index (χ0) is 90.6. The second-order valence-corrected chi connectivity index (χ2v) is 32.9. The number of aryl methyl sites for hydroxylation is 4. The second-order valence-electron chi connectivity index (χ2n) is 32.1. The first-order chi connectivity index (χ1) is 60.5. The fraction of sp³-hybridized carbons (Fsp3) is 0.337. The topological polar surface area (TPSA) is 418 Å². The molecule has 0 unspecified atom stereocenters. The SMILES string of the molecule is CC(=O)Nc1ccc(Nc2cnc(-c3ccc(O)cc3)c3ccccc23)cc1.CCCCNC(=O)Cc1ccccc1NC(=O)c1snc(C(N)=O)c1N.CCOc1cccc(=O)c2c(C)[nH]c(C)c12.Cc1cc2c(C(C)C)c(O)c(O)c(C=NCCCN3CCCCC3)c2c(O)c1-c1c(C)cc2c(C(C)C)c(O)c(O)c(C=NCCCN3CCOCC3)c2c1O. The normalized spacial score (nSPS) is 13.1. The first-order valence-corrected chi connectivity index (χ1v) is 43.6. The number of aromatic hydroxyl groups is 7. The number of nitrogens with two attached hydrogens (primary N) is 2. The Kier molecular flexibility index (Phi) is 32.3. The number of fused-ring (bicyclic) bond motifs is 4. The number of H-pyrrole nitrogens is 1. The van der Waals surface area contributed by atoms with Gasteiger partial charge in [-0.25, -0.2) is 0 Å². The first-order valence-electron chi connectivity index (χ1n) is 42.8. The minimum atomic E-state index is -0.790. The number of aromatic amines is 1. The molecule has 3 aromatic heterocycles. The summed E-state index contributed by atoms with van der Waals surface area (Å²) in [4.78, 5) is 80.7. The highest BCUT2D eigenvalue weighted by Gasteiger charge is 2.31. The summed E-state index contributed by atoms with van der Waals surface area (Å²) in [5.41, 5.74) is 21.5. The number of nitrogen functional groups attached to an aromatic ring is 1. The van der Waals surface area contributed by atoms with Gasteiger partial charge in [0, 0.05) is 153 Å². The molecule has 14 rings (SSSR count). The number of nitrogens with zero attached hydrogens (tertiary/aromatic N) is 6. The molecule has 12 aromatic rings. The summed E-state index contributed by atoms with van der Waals surface area (Å²) in [6.07, 6.45) is 12.2. The lowest BCUT2D eigenvalue weighted by Gasteiger charge is -2.26. The number of aromatic nitrogens is 3. The molecule has 0 aliphatic carbocycles. The number of amides is 4. The number of carbonyl (C=O) groups is 4. The molecule has 28 heteroatoms. The number of carbonyl (C=O) groups excluding carboxylic acids is 4. The molecule has 27 nitrogen and oxygen atoms in total. The lowest BCUT2D eigenvalue weighted by atomic mass is 9.83. The lowest BCUT2D eigenvalue weighted by Crippen LogP contribution is -2.37. The minimum absolute atomic E-state index is 0.0304. The highest BCUT2D eigenvalue weighted by atomic mass is 32.1. The van der Waals surface area contributed by atoms with E-state index in [9.17, 15) is 59.7 Å². The Labute approximate surface area is 737 Å². The number of morpholine rings is 1. The van der Waals surface area contributed by atoms with E-state index in [1.54, 1.807) is 48.5 Å². The van der Waals surface area contributed by atoms with E-state index in [0.717, 1.165) is 143 Å². The number of hydrogen-bond acceptors (Lipinski definition) is 23. The quantitative estimate of drug-likeness (QED) is 0.0129. The van der Waals surface area contributed by atoms with Crippen molar-refractivity contribution in [1.82, 2.24) is 29.5 Å². The molecule has 0 radical (unpaired) electrons. The Morgan fingerprint density at radius 1 is 0.619 bits per heavy atom. The van der Waals surface area contributed by atoms with E-state index in [4.69, 9.17) is 20.9 Å². The number of phenolic OH excluding ortho intramolecular Hbond substituents is 7. The summed E-state index contributed by atoms with van der Waals surface area (Å²) in [5, 5.41) is 97.1. The minimum Gasteiger partial charge on any atom is -0.508 e. The van der Waals surface area contributed by atoms with Gasteiger partial charge in [0.05, 0.1) is 54.9 Å². The van der Waals surface area contributed by atoms with Crippen LogP contribution in [0.4, 0.5) is 28.4 Å². The molecule has 16 N–H and O–H groups in total. The molecule has 0 bridgehead atoms. The van der Waals surface area contributed by atoms with Crippen LogP contribution in [0.1, 0.15) is 176 Å². The van der Waals surface area contributed by atoms with Crippen LogP contribution in [0.15, 0.2) is 148 Å². The summed E-state index contributed by atoms with van der Waals surface area (Å²) in [6.45, 7) is 30.1. The van der Waals surface area contributed by atoms with Crippen molar-refractivity contribution in [3.8, 4) is 68.4 Å². The van der Waals surface area contributed by atoms with Gasteiger partial charge in [0.1, 0.15) is 27.9 Å². The third kappa shape index (κ3) is 22.3. The number of piperidine rings is 1. The van der Waals surface area contributed by atoms with Crippen molar-refractivity contribution in [1.29, 1.82) is 0 Å². The molecule has 126 heavy (non-hydrogen) atoms. The number of primary amides is 1. The maximum Gasteiger partial charge on any atom is 0.270 e. The first kappa shape index (κ1) is 93.5. The third-order valence-corrected chi connectivity index (χ3v) is 23.1. The Hall–Kier alpha value is -13.2. The molecular formula is C98H115N13O14S. The van der Waals surface area contributed by atoms with Gasteiger partial charge < -0.3 is 87.8 Å². The monoisotopic (exact) mass is 1730 g/mol. The lowest BCUT2D eigenvalue weighted by molar-refractivity contribution is -0.120. The van der Waals surface area contributed by atoms with Gasteiger partial charge in [-0.05, 0) is 204 Å². The second kappa shape index (κ2) is 43.5. The van der Waals surface area contributed by atoms with E-state index in [2.05, 4.69) is 61.5 Å². The van der Waals surface area contributed by atoms with Crippen molar-refractivity contribution in [2.45, 2.75) is 139 Å². The Morgan fingerprint density at radius 3 is 1.73 bits per heavy atom. The molecule has 5 heterocycles.